The zero-order chi connectivity index (χ0) is 24.3. The molecular weight excluding hydrogens is 425 g/mol. The highest BCUT2D eigenvalue weighted by Crippen LogP contribution is 2.33. The van der Waals surface area contributed by atoms with E-state index in [2.05, 4.69) is 25.7 Å². The van der Waals surface area contributed by atoms with Gasteiger partial charge in [0.25, 0.3) is 0 Å². The largest absolute Gasteiger partial charge is 0.444 e. The summed E-state index contributed by atoms with van der Waals surface area (Å²) in [6.45, 7) is 10.5. The van der Waals surface area contributed by atoms with Gasteiger partial charge < -0.3 is 10.1 Å². The number of carbonyl (C=O) groups is 1. The van der Waals surface area contributed by atoms with E-state index in [0.717, 1.165) is 17.5 Å². The van der Waals surface area contributed by atoms with Crippen molar-refractivity contribution in [3.8, 4) is 0 Å². The average Bonchev–Trinajstić information content (AvgIpc) is 2.86. The Kier molecular flexibility index (Phi) is 7.74. The lowest BCUT2D eigenvalue weighted by Crippen LogP contribution is -2.28. The average molecular weight is 457 g/mol. The van der Waals surface area contributed by atoms with Crippen LogP contribution >= 0.6 is 0 Å². The molecule has 2 aromatic rings. The number of halogens is 3. The van der Waals surface area contributed by atoms with Gasteiger partial charge in [0, 0.05) is 24.8 Å². The van der Waals surface area contributed by atoms with E-state index in [1.807, 2.05) is 6.92 Å². The van der Waals surface area contributed by atoms with E-state index in [1.54, 1.807) is 46.3 Å². The molecule has 0 spiro atoms. The summed E-state index contributed by atoms with van der Waals surface area (Å²) in [6.07, 6.45) is -2.48. The van der Waals surface area contributed by atoms with Gasteiger partial charge in [0.2, 0.25) is 0 Å². The third-order valence-electron chi connectivity index (χ3n) is 4.63. The summed E-state index contributed by atoms with van der Waals surface area (Å²) in [5.74, 6) is 0.585. The molecule has 0 unspecified atom stereocenters. The number of ether oxygens (including phenoxy) is 1. The van der Waals surface area contributed by atoms with E-state index < -0.39 is 23.4 Å². The lowest BCUT2D eigenvalue weighted by Gasteiger charge is -2.20. The molecule has 178 valence electrons. The fourth-order valence-electron chi connectivity index (χ4n) is 3.24. The Labute approximate surface area is 186 Å². The quantitative estimate of drug-likeness (QED) is 0.608. The second-order valence-corrected chi connectivity index (χ2v) is 8.78. The minimum absolute atomic E-state index is 0.220. The first-order valence-electron chi connectivity index (χ1n) is 10.4. The molecule has 1 atom stereocenters. The van der Waals surface area contributed by atoms with E-state index in [1.165, 1.54) is 0 Å². The fourth-order valence-corrected chi connectivity index (χ4v) is 3.24. The minimum Gasteiger partial charge on any atom is -0.444 e. The maximum atomic E-state index is 13.2. The Hall–Kier alpha value is -2.85. The molecule has 0 aromatic carbocycles. The summed E-state index contributed by atoms with van der Waals surface area (Å²) in [4.78, 5) is 19.8. The van der Waals surface area contributed by atoms with E-state index in [-0.39, 0.29) is 17.7 Å². The normalized spacial score (nSPS) is 13.1. The lowest BCUT2D eigenvalue weighted by molar-refractivity contribution is -0.137. The van der Waals surface area contributed by atoms with E-state index in [9.17, 15) is 18.0 Å². The first-order chi connectivity index (χ1) is 14.7. The second-order valence-electron chi connectivity index (χ2n) is 8.78. The Morgan fingerprint density at radius 2 is 1.91 bits per heavy atom. The topological polar surface area (TPSA) is 94.0 Å². The fraction of sp³-hybridized carbons (Fsp3) is 0.619. The lowest BCUT2D eigenvalue weighted by atomic mass is 10.1. The molecule has 0 aliphatic heterocycles. The predicted octanol–water partition coefficient (Wildman–Crippen LogP) is 5.02. The molecule has 2 heterocycles. The molecule has 2 rings (SSSR count). The number of hydrogen-bond donors (Lipinski definition) is 2. The number of aromatic nitrogens is 4. The molecule has 0 aliphatic rings. The van der Waals surface area contributed by atoms with Crippen LogP contribution < -0.4 is 10.6 Å². The Morgan fingerprint density at radius 3 is 2.50 bits per heavy atom. The summed E-state index contributed by atoms with van der Waals surface area (Å²) in [7, 11) is 1.73. The van der Waals surface area contributed by atoms with Crippen LogP contribution in [0.25, 0.3) is 0 Å². The highest BCUT2D eigenvalue weighted by Gasteiger charge is 2.35. The van der Waals surface area contributed by atoms with Gasteiger partial charge in [-0.25, -0.2) is 14.8 Å². The third kappa shape index (κ3) is 7.10. The number of rotatable bonds is 7. The third-order valence-corrected chi connectivity index (χ3v) is 4.63. The van der Waals surface area contributed by atoms with Crippen molar-refractivity contribution in [2.45, 2.75) is 78.6 Å². The van der Waals surface area contributed by atoms with Crippen LogP contribution in [0.2, 0.25) is 0 Å². The first-order valence-corrected chi connectivity index (χ1v) is 10.4. The Balaban J connectivity index is 2.03. The molecule has 1 amide bonds. The molecule has 0 saturated heterocycles. The van der Waals surface area contributed by atoms with Gasteiger partial charge in [0.15, 0.2) is 0 Å². The molecule has 0 saturated carbocycles. The van der Waals surface area contributed by atoms with Gasteiger partial charge in [-0.05, 0) is 60.8 Å². The van der Waals surface area contributed by atoms with Crippen LogP contribution in [0.3, 0.4) is 0 Å². The SMILES string of the molecule is Cc1ncc(C(F)(F)F)c(N[C@@H](C)CCCc2c(C)nn(C)c2NC(=O)OC(C)(C)C)n1. The maximum Gasteiger partial charge on any atom is 0.421 e. The number of hydrogen-bond acceptors (Lipinski definition) is 6. The van der Waals surface area contributed by atoms with Gasteiger partial charge in [-0.3, -0.25) is 10.00 Å². The van der Waals surface area contributed by atoms with Gasteiger partial charge in [0.05, 0.1) is 5.69 Å². The Morgan fingerprint density at radius 1 is 1.25 bits per heavy atom. The van der Waals surface area contributed by atoms with Crippen molar-refractivity contribution in [2.24, 2.45) is 7.05 Å². The number of amides is 1. The van der Waals surface area contributed by atoms with Crippen molar-refractivity contribution in [3.63, 3.8) is 0 Å². The molecule has 2 aromatic heterocycles. The van der Waals surface area contributed by atoms with E-state index in [4.69, 9.17) is 4.74 Å². The standard InChI is InChI=1S/C21H31F3N6O2/c1-12(26-17-16(21(22,23)24)11-25-14(3)27-17)9-8-10-15-13(2)29-30(7)18(15)28-19(31)32-20(4,5)6/h11-12H,8-10H2,1-7H3,(H,28,31)(H,25,26,27)/t12-/m0/s1. The van der Waals surface area contributed by atoms with Gasteiger partial charge >= 0.3 is 12.3 Å². The highest BCUT2D eigenvalue weighted by molar-refractivity contribution is 5.85. The summed E-state index contributed by atoms with van der Waals surface area (Å²) in [6, 6.07) is -0.260. The molecule has 0 radical (unpaired) electrons. The molecule has 2 N–H and O–H groups in total. The van der Waals surface area contributed by atoms with E-state index in [0.29, 0.717) is 25.1 Å². The number of nitrogens with one attached hydrogen (secondary N) is 2. The van der Waals surface area contributed by atoms with Gasteiger partial charge in [-0.1, -0.05) is 0 Å². The molecule has 0 bridgehead atoms. The van der Waals surface area contributed by atoms with Crippen LogP contribution in [0, 0.1) is 13.8 Å². The molecule has 11 heteroatoms. The van der Waals surface area contributed by atoms with Crippen LogP contribution in [-0.2, 0) is 24.4 Å². The predicted molar refractivity (Wildman–Crippen MR) is 116 cm³/mol. The number of nitrogens with zero attached hydrogens (tertiary/aromatic N) is 4. The van der Waals surface area contributed by atoms with Crippen molar-refractivity contribution >= 4 is 17.7 Å². The van der Waals surface area contributed by atoms with Crippen molar-refractivity contribution in [3.05, 3.63) is 28.8 Å². The zero-order valence-electron chi connectivity index (χ0n) is 19.5. The van der Waals surface area contributed by atoms with Gasteiger partial charge in [-0.2, -0.15) is 18.3 Å². The van der Waals surface area contributed by atoms with Crippen LogP contribution in [0.15, 0.2) is 6.20 Å². The van der Waals surface area contributed by atoms with Crippen LogP contribution in [0.5, 0.6) is 0 Å². The van der Waals surface area contributed by atoms with Crippen LogP contribution in [0.1, 0.15) is 63.2 Å². The monoisotopic (exact) mass is 456 g/mol. The highest BCUT2D eigenvalue weighted by atomic mass is 19.4. The van der Waals surface area contributed by atoms with Crippen molar-refractivity contribution in [1.82, 2.24) is 19.7 Å². The molecule has 32 heavy (non-hydrogen) atoms. The first kappa shape index (κ1) is 25.4. The molecular formula is C21H31F3N6O2. The number of aryl methyl sites for hydroxylation is 3. The maximum absolute atomic E-state index is 13.2. The molecule has 0 fully saturated rings. The zero-order valence-corrected chi connectivity index (χ0v) is 19.5. The number of anilines is 2. The molecule has 8 nitrogen and oxygen atoms in total. The van der Waals surface area contributed by atoms with Crippen molar-refractivity contribution in [2.75, 3.05) is 10.6 Å². The smallest absolute Gasteiger partial charge is 0.421 e. The van der Waals surface area contributed by atoms with Crippen molar-refractivity contribution < 1.29 is 22.7 Å². The number of carbonyl (C=O) groups excluding carboxylic acids is 1. The number of alkyl halides is 3. The second kappa shape index (κ2) is 9.74. The Bertz CT molecular complexity index is 950. The van der Waals surface area contributed by atoms with Crippen LogP contribution in [0.4, 0.5) is 29.6 Å². The van der Waals surface area contributed by atoms with Crippen LogP contribution in [-0.4, -0.2) is 37.5 Å². The summed E-state index contributed by atoms with van der Waals surface area (Å²) >= 11 is 0. The van der Waals surface area contributed by atoms with Gasteiger partial charge in [0.1, 0.15) is 28.6 Å². The summed E-state index contributed by atoms with van der Waals surface area (Å²) in [5, 5.41) is 9.96. The summed E-state index contributed by atoms with van der Waals surface area (Å²) in [5.41, 5.74) is 0.111. The minimum atomic E-state index is -4.54. The van der Waals surface area contributed by atoms with E-state index >= 15 is 0 Å². The van der Waals surface area contributed by atoms with Crippen molar-refractivity contribution in [1.29, 1.82) is 0 Å². The summed E-state index contributed by atoms with van der Waals surface area (Å²) < 4.78 is 46.6. The molecule has 0 aliphatic carbocycles. The van der Waals surface area contributed by atoms with Gasteiger partial charge in [-0.15, -0.1) is 0 Å².